The van der Waals surface area contributed by atoms with Crippen LogP contribution >= 0.6 is 0 Å². The molecule has 4 rings (SSSR count). The zero-order chi connectivity index (χ0) is 16.7. The van der Waals surface area contributed by atoms with Gasteiger partial charge in [-0.25, -0.2) is 9.97 Å². The standard InChI is InChI=1S/C15H14N8O/c1-22-12(6-16)10(7-19-22)11-5-9-14(20-11)17-8-18-15(9)21-23-4-2-3-13(23)24/h5,7-8H,2-4H2,1H3,(H2,17,18,20,21). The first-order valence-corrected chi connectivity index (χ1v) is 7.50. The molecule has 0 saturated carbocycles. The van der Waals surface area contributed by atoms with E-state index in [2.05, 4.69) is 31.5 Å². The quantitative estimate of drug-likeness (QED) is 0.748. The van der Waals surface area contributed by atoms with E-state index in [0.29, 0.717) is 35.7 Å². The van der Waals surface area contributed by atoms with Crippen LogP contribution in [0, 0.1) is 11.3 Å². The number of aryl methyl sites for hydroxylation is 1. The van der Waals surface area contributed by atoms with Crippen molar-refractivity contribution in [3.63, 3.8) is 0 Å². The lowest BCUT2D eigenvalue weighted by molar-refractivity contribution is -0.126. The Morgan fingerprint density at radius 3 is 3.04 bits per heavy atom. The van der Waals surface area contributed by atoms with Gasteiger partial charge in [-0.1, -0.05) is 0 Å². The molecule has 0 unspecified atom stereocenters. The molecule has 3 aromatic rings. The number of carbonyl (C=O) groups excluding carboxylic acids is 1. The zero-order valence-electron chi connectivity index (χ0n) is 12.9. The second-order valence-electron chi connectivity index (χ2n) is 5.57. The van der Waals surface area contributed by atoms with Crippen molar-refractivity contribution in [1.82, 2.24) is 29.7 Å². The minimum Gasteiger partial charge on any atom is -0.339 e. The first kappa shape index (κ1) is 14.2. The molecule has 1 saturated heterocycles. The second kappa shape index (κ2) is 5.34. The molecule has 120 valence electrons. The highest BCUT2D eigenvalue weighted by Crippen LogP contribution is 2.29. The highest BCUT2D eigenvalue weighted by molar-refractivity contribution is 5.92. The SMILES string of the molecule is Cn1ncc(-c2cc3c(NN4CCCC4=O)ncnc3[nH]2)c1C#N. The van der Waals surface area contributed by atoms with Gasteiger partial charge in [0.25, 0.3) is 0 Å². The van der Waals surface area contributed by atoms with Crippen LogP contribution < -0.4 is 5.43 Å². The summed E-state index contributed by atoms with van der Waals surface area (Å²) in [7, 11) is 1.72. The third-order valence-corrected chi connectivity index (χ3v) is 4.07. The van der Waals surface area contributed by atoms with Gasteiger partial charge in [0.1, 0.15) is 23.7 Å². The molecule has 0 radical (unpaired) electrons. The van der Waals surface area contributed by atoms with Crippen molar-refractivity contribution in [2.45, 2.75) is 12.8 Å². The number of nitrogens with one attached hydrogen (secondary N) is 2. The van der Waals surface area contributed by atoms with E-state index in [0.717, 1.165) is 17.5 Å². The van der Waals surface area contributed by atoms with Gasteiger partial charge in [0.15, 0.2) is 5.82 Å². The van der Waals surface area contributed by atoms with Crippen molar-refractivity contribution in [2.24, 2.45) is 7.05 Å². The number of hydrogen-bond acceptors (Lipinski definition) is 6. The summed E-state index contributed by atoms with van der Waals surface area (Å²) in [5.74, 6) is 0.608. The molecule has 2 N–H and O–H groups in total. The van der Waals surface area contributed by atoms with Gasteiger partial charge in [-0.15, -0.1) is 0 Å². The third-order valence-electron chi connectivity index (χ3n) is 4.07. The number of amides is 1. The van der Waals surface area contributed by atoms with Gasteiger partial charge in [0.05, 0.1) is 22.8 Å². The number of nitrogens with zero attached hydrogens (tertiary/aromatic N) is 6. The lowest BCUT2D eigenvalue weighted by Gasteiger charge is -2.17. The highest BCUT2D eigenvalue weighted by atomic mass is 16.2. The molecule has 0 atom stereocenters. The van der Waals surface area contributed by atoms with Crippen molar-refractivity contribution in [3.05, 3.63) is 24.3 Å². The van der Waals surface area contributed by atoms with Gasteiger partial charge in [-0.3, -0.25) is 19.9 Å². The topological polar surface area (TPSA) is 116 Å². The summed E-state index contributed by atoms with van der Waals surface area (Å²) in [4.78, 5) is 23.4. The van der Waals surface area contributed by atoms with E-state index >= 15 is 0 Å². The average molecular weight is 322 g/mol. The number of aromatic nitrogens is 5. The molecule has 4 heterocycles. The van der Waals surface area contributed by atoms with E-state index in [1.807, 2.05) is 6.07 Å². The Morgan fingerprint density at radius 1 is 1.42 bits per heavy atom. The number of H-pyrrole nitrogens is 1. The molecular formula is C15H14N8O. The molecule has 0 spiro atoms. The van der Waals surface area contributed by atoms with Gasteiger partial charge in [0, 0.05) is 20.0 Å². The molecule has 9 nitrogen and oxygen atoms in total. The molecule has 9 heteroatoms. The smallest absolute Gasteiger partial charge is 0.241 e. The maximum Gasteiger partial charge on any atom is 0.241 e. The Bertz CT molecular complexity index is 979. The van der Waals surface area contributed by atoms with Crippen LogP contribution in [-0.2, 0) is 11.8 Å². The maximum absolute atomic E-state index is 11.8. The molecule has 1 amide bonds. The molecule has 0 aromatic carbocycles. The molecule has 3 aromatic heterocycles. The second-order valence-corrected chi connectivity index (χ2v) is 5.57. The van der Waals surface area contributed by atoms with Crippen LogP contribution in [-0.4, -0.2) is 42.2 Å². The molecule has 1 fully saturated rings. The summed E-state index contributed by atoms with van der Waals surface area (Å²) in [6.07, 6.45) is 4.44. The summed E-state index contributed by atoms with van der Waals surface area (Å²) < 4.78 is 1.52. The lowest BCUT2D eigenvalue weighted by Crippen LogP contribution is -2.31. The first-order chi connectivity index (χ1) is 11.7. The van der Waals surface area contributed by atoms with Crippen LogP contribution in [0.25, 0.3) is 22.3 Å². The van der Waals surface area contributed by atoms with E-state index in [9.17, 15) is 10.1 Å². The Hall–Kier alpha value is -3.41. The summed E-state index contributed by atoms with van der Waals surface area (Å²) in [6, 6.07) is 4.00. The van der Waals surface area contributed by atoms with Crippen molar-refractivity contribution < 1.29 is 4.79 Å². The summed E-state index contributed by atoms with van der Waals surface area (Å²) in [5.41, 5.74) is 5.57. The summed E-state index contributed by atoms with van der Waals surface area (Å²) in [6.45, 7) is 0.656. The first-order valence-electron chi connectivity index (χ1n) is 7.50. The Kier molecular flexibility index (Phi) is 3.16. The van der Waals surface area contributed by atoms with Gasteiger partial charge in [-0.2, -0.15) is 10.4 Å². The van der Waals surface area contributed by atoms with E-state index in [-0.39, 0.29) is 5.91 Å². The number of fused-ring (bicyclic) bond motifs is 1. The maximum atomic E-state index is 11.8. The molecule has 1 aliphatic heterocycles. The van der Waals surface area contributed by atoms with Crippen LogP contribution in [0.1, 0.15) is 18.5 Å². The monoisotopic (exact) mass is 322 g/mol. The average Bonchev–Trinajstić information content (AvgIpc) is 3.26. The van der Waals surface area contributed by atoms with Crippen LogP contribution in [0.5, 0.6) is 0 Å². The Morgan fingerprint density at radius 2 is 2.29 bits per heavy atom. The largest absolute Gasteiger partial charge is 0.339 e. The number of carbonyl (C=O) groups is 1. The van der Waals surface area contributed by atoms with E-state index in [4.69, 9.17) is 0 Å². The fourth-order valence-corrected chi connectivity index (χ4v) is 2.84. The van der Waals surface area contributed by atoms with Crippen molar-refractivity contribution >= 4 is 22.8 Å². The Balaban J connectivity index is 1.77. The van der Waals surface area contributed by atoms with E-state index in [1.54, 1.807) is 18.3 Å². The minimum atomic E-state index is 0.0524. The van der Waals surface area contributed by atoms with E-state index < -0.39 is 0 Å². The predicted octanol–water partition coefficient (Wildman–Crippen LogP) is 1.18. The summed E-state index contributed by atoms with van der Waals surface area (Å²) in [5, 5.41) is 15.7. The van der Waals surface area contributed by atoms with E-state index in [1.165, 1.54) is 11.0 Å². The van der Waals surface area contributed by atoms with Gasteiger partial charge in [0.2, 0.25) is 5.91 Å². The number of aromatic amines is 1. The van der Waals surface area contributed by atoms with Crippen LogP contribution in [0.2, 0.25) is 0 Å². The highest BCUT2D eigenvalue weighted by Gasteiger charge is 2.22. The number of anilines is 1. The fourth-order valence-electron chi connectivity index (χ4n) is 2.84. The van der Waals surface area contributed by atoms with Crippen molar-refractivity contribution in [2.75, 3.05) is 12.0 Å². The zero-order valence-corrected chi connectivity index (χ0v) is 12.9. The van der Waals surface area contributed by atoms with Gasteiger partial charge >= 0.3 is 0 Å². The van der Waals surface area contributed by atoms with Gasteiger partial charge < -0.3 is 4.98 Å². The number of hydrazine groups is 1. The number of nitriles is 1. The van der Waals surface area contributed by atoms with Crippen LogP contribution in [0.4, 0.5) is 5.82 Å². The van der Waals surface area contributed by atoms with Crippen LogP contribution in [0.3, 0.4) is 0 Å². The molecule has 1 aliphatic rings. The lowest BCUT2D eigenvalue weighted by atomic mass is 10.2. The Labute approximate surface area is 136 Å². The normalized spacial score (nSPS) is 14.3. The third kappa shape index (κ3) is 2.16. The number of rotatable bonds is 3. The van der Waals surface area contributed by atoms with Crippen LogP contribution in [0.15, 0.2) is 18.6 Å². The minimum absolute atomic E-state index is 0.0524. The molecule has 0 bridgehead atoms. The van der Waals surface area contributed by atoms with Crippen molar-refractivity contribution in [1.29, 1.82) is 5.26 Å². The number of hydrogen-bond donors (Lipinski definition) is 2. The predicted molar refractivity (Wildman–Crippen MR) is 85.4 cm³/mol. The summed E-state index contributed by atoms with van der Waals surface area (Å²) >= 11 is 0. The molecular weight excluding hydrogens is 308 g/mol. The molecule has 24 heavy (non-hydrogen) atoms. The molecule has 0 aliphatic carbocycles. The fraction of sp³-hybridized carbons (Fsp3) is 0.267. The van der Waals surface area contributed by atoms with Crippen molar-refractivity contribution in [3.8, 4) is 17.3 Å². The van der Waals surface area contributed by atoms with Gasteiger partial charge in [-0.05, 0) is 12.5 Å².